The molecular formula is C22H33F3N2O2S2. The van der Waals surface area contributed by atoms with Crippen molar-refractivity contribution in [2.75, 3.05) is 11.1 Å². The summed E-state index contributed by atoms with van der Waals surface area (Å²) in [5.41, 5.74) is 0.0314. The normalized spacial score (nSPS) is 15.5. The summed E-state index contributed by atoms with van der Waals surface area (Å²) in [5, 5.41) is 17.2. The Balaban J connectivity index is 2.03. The van der Waals surface area contributed by atoms with Crippen LogP contribution in [0.1, 0.15) is 83.5 Å². The molecule has 4 N–H and O–H groups in total. The maximum atomic E-state index is 15.1. The number of aliphatic carboxylic acids is 1. The highest BCUT2D eigenvalue weighted by atomic mass is 32.2. The smallest absolute Gasteiger partial charge is 0.303 e. The number of anilines is 1. The lowest BCUT2D eigenvalue weighted by molar-refractivity contribution is -0.137. The van der Waals surface area contributed by atoms with Gasteiger partial charge in [0.15, 0.2) is 17.5 Å². The van der Waals surface area contributed by atoms with Crippen molar-refractivity contribution in [2.24, 2.45) is 5.14 Å². The molecule has 1 aromatic rings. The van der Waals surface area contributed by atoms with Crippen LogP contribution >= 0.6 is 23.7 Å². The molecule has 0 atom stereocenters. The van der Waals surface area contributed by atoms with Crippen molar-refractivity contribution in [3.8, 4) is 0 Å². The van der Waals surface area contributed by atoms with Gasteiger partial charge in [0.2, 0.25) is 0 Å². The van der Waals surface area contributed by atoms with Gasteiger partial charge in [-0.2, -0.15) is 0 Å². The molecule has 0 heterocycles. The minimum absolute atomic E-state index is 0.0132. The fraction of sp³-hybridized carbons (Fsp3) is 0.682. The van der Waals surface area contributed by atoms with Gasteiger partial charge in [-0.1, -0.05) is 51.4 Å². The van der Waals surface area contributed by atoms with E-state index in [1.54, 1.807) is 0 Å². The fourth-order valence-electron chi connectivity index (χ4n) is 3.87. The summed E-state index contributed by atoms with van der Waals surface area (Å²) in [6, 6.07) is 0.0314. The van der Waals surface area contributed by atoms with E-state index in [-0.39, 0.29) is 23.0 Å². The highest BCUT2D eigenvalue weighted by molar-refractivity contribution is 7.99. The maximum absolute atomic E-state index is 15.1. The number of hydrogen-bond donors (Lipinski definition) is 3. The van der Waals surface area contributed by atoms with E-state index >= 15 is 4.39 Å². The van der Waals surface area contributed by atoms with Gasteiger partial charge in [-0.05, 0) is 43.4 Å². The number of unbranched alkanes of at least 4 members (excludes halogenated alkanes) is 4. The van der Waals surface area contributed by atoms with Crippen LogP contribution in [0.15, 0.2) is 9.79 Å². The van der Waals surface area contributed by atoms with Crippen molar-refractivity contribution in [3.63, 3.8) is 0 Å². The summed E-state index contributed by atoms with van der Waals surface area (Å²) in [7, 11) is 0. The Morgan fingerprint density at radius 3 is 2.13 bits per heavy atom. The number of rotatable bonds is 12. The molecule has 0 saturated heterocycles. The van der Waals surface area contributed by atoms with E-state index in [1.807, 2.05) is 0 Å². The Morgan fingerprint density at radius 2 is 1.48 bits per heavy atom. The lowest BCUT2D eigenvalue weighted by atomic mass is 9.96. The van der Waals surface area contributed by atoms with Crippen LogP contribution in [-0.4, -0.2) is 22.9 Å². The fourth-order valence-corrected chi connectivity index (χ4v) is 5.33. The van der Waals surface area contributed by atoms with Crippen molar-refractivity contribution in [2.45, 2.75) is 99.3 Å². The molecule has 9 heteroatoms. The molecule has 0 radical (unpaired) electrons. The van der Waals surface area contributed by atoms with Crippen molar-refractivity contribution in [3.05, 3.63) is 17.5 Å². The van der Waals surface area contributed by atoms with Crippen LogP contribution in [0.4, 0.5) is 18.9 Å². The van der Waals surface area contributed by atoms with E-state index in [0.717, 1.165) is 76.0 Å². The van der Waals surface area contributed by atoms with Gasteiger partial charge in [0.1, 0.15) is 0 Å². The second-order valence-electron chi connectivity index (χ2n) is 8.04. The number of carboxylic acid groups (broad SMARTS) is 1. The summed E-state index contributed by atoms with van der Waals surface area (Å²) in [6.45, 7) is 0. The average molecular weight is 479 g/mol. The van der Waals surface area contributed by atoms with Gasteiger partial charge in [-0.15, -0.1) is 11.8 Å². The van der Waals surface area contributed by atoms with Crippen molar-refractivity contribution < 1.29 is 23.1 Å². The zero-order chi connectivity index (χ0) is 22.6. The molecular weight excluding hydrogens is 445 g/mol. The van der Waals surface area contributed by atoms with Crippen molar-refractivity contribution >= 4 is 35.4 Å². The lowest BCUT2D eigenvalue weighted by Gasteiger charge is -2.25. The number of thioether (sulfide) groups is 1. The first-order valence-electron chi connectivity index (χ1n) is 11.1. The number of carboxylic acids is 1. The summed E-state index contributed by atoms with van der Waals surface area (Å²) >= 11 is 1.52. The topological polar surface area (TPSA) is 75.4 Å². The van der Waals surface area contributed by atoms with Gasteiger partial charge in [0, 0.05) is 12.5 Å². The van der Waals surface area contributed by atoms with Crippen molar-refractivity contribution in [1.29, 1.82) is 0 Å². The standard InChI is InChI=1S/C22H33F3N2O2S2/c23-17-18(24)22(30-14-10-6-2-5-9-13-16(28)29)20(19(25)21(17)31-26)27-15-11-7-3-1-4-8-12-15/h15,27H,1-14,26H2,(H,28,29). The van der Waals surface area contributed by atoms with Crippen LogP contribution in [0.5, 0.6) is 0 Å². The van der Waals surface area contributed by atoms with Crippen LogP contribution in [0.25, 0.3) is 0 Å². The number of benzene rings is 1. The SMILES string of the molecule is NSc1c(F)c(F)c(SCCCCCCCC(=O)O)c(NC2CCCCCCC2)c1F. The molecule has 1 fully saturated rings. The average Bonchev–Trinajstić information content (AvgIpc) is 2.71. The zero-order valence-corrected chi connectivity index (χ0v) is 19.5. The number of hydrogen-bond acceptors (Lipinski definition) is 5. The first kappa shape index (κ1) is 26.2. The minimum atomic E-state index is -1.23. The van der Waals surface area contributed by atoms with E-state index in [1.165, 1.54) is 6.42 Å². The maximum Gasteiger partial charge on any atom is 0.303 e. The monoisotopic (exact) mass is 478 g/mol. The molecule has 1 saturated carbocycles. The second kappa shape index (κ2) is 14.2. The Hall–Kier alpha value is -1.06. The Bertz CT molecular complexity index is 715. The molecule has 1 aromatic carbocycles. The summed E-state index contributed by atoms with van der Waals surface area (Å²) in [6.07, 6.45) is 11.4. The highest BCUT2D eigenvalue weighted by Crippen LogP contribution is 2.40. The van der Waals surface area contributed by atoms with Crippen LogP contribution < -0.4 is 10.5 Å². The molecule has 4 nitrogen and oxygen atoms in total. The van der Waals surface area contributed by atoms with Gasteiger partial charge in [-0.25, -0.2) is 13.2 Å². The first-order chi connectivity index (χ1) is 15.0. The molecule has 31 heavy (non-hydrogen) atoms. The Kier molecular flexibility index (Phi) is 12.0. The summed E-state index contributed by atoms with van der Waals surface area (Å²) < 4.78 is 44.2. The minimum Gasteiger partial charge on any atom is -0.481 e. The molecule has 1 aliphatic carbocycles. The van der Waals surface area contributed by atoms with Gasteiger partial charge >= 0.3 is 5.97 Å². The van der Waals surface area contributed by atoms with Gasteiger partial charge < -0.3 is 10.4 Å². The van der Waals surface area contributed by atoms with Crippen LogP contribution in [0.2, 0.25) is 0 Å². The van der Waals surface area contributed by atoms with E-state index in [4.69, 9.17) is 10.2 Å². The Morgan fingerprint density at radius 1 is 0.903 bits per heavy atom. The molecule has 0 bridgehead atoms. The summed E-state index contributed by atoms with van der Waals surface area (Å²) in [5.74, 6) is -3.36. The third-order valence-electron chi connectivity index (χ3n) is 5.59. The van der Waals surface area contributed by atoms with Crippen LogP contribution in [-0.2, 0) is 4.79 Å². The number of nitrogens with one attached hydrogen (secondary N) is 1. The summed E-state index contributed by atoms with van der Waals surface area (Å²) in [4.78, 5) is 10.0. The predicted molar refractivity (Wildman–Crippen MR) is 122 cm³/mol. The van der Waals surface area contributed by atoms with E-state index in [9.17, 15) is 13.6 Å². The van der Waals surface area contributed by atoms with E-state index in [0.29, 0.717) is 24.1 Å². The highest BCUT2D eigenvalue weighted by Gasteiger charge is 2.27. The quantitative estimate of drug-likeness (QED) is 0.129. The molecule has 176 valence electrons. The number of nitrogens with two attached hydrogens (primary N) is 1. The zero-order valence-electron chi connectivity index (χ0n) is 17.9. The number of halogens is 3. The van der Waals surface area contributed by atoms with Gasteiger partial charge in [0.25, 0.3) is 0 Å². The predicted octanol–water partition coefficient (Wildman–Crippen LogP) is 7.11. The first-order valence-corrected chi connectivity index (χ1v) is 13.0. The second-order valence-corrected chi connectivity index (χ2v) is 9.79. The molecule has 0 spiro atoms. The Labute approximate surface area is 191 Å². The molecule has 0 aliphatic heterocycles. The molecule has 1 aliphatic rings. The third kappa shape index (κ3) is 8.42. The van der Waals surface area contributed by atoms with Crippen LogP contribution in [0.3, 0.4) is 0 Å². The molecule has 0 amide bonds. The van der Waals surface area contributed by atoms with Gasteiger partial charge in [0.05, 0.1) is 15.5 Å². The number of carbonyl (C=O) groups is 1. The van der Waals surface area contributed by atoms with Gasteiger partial charge in [-0.3, -0.25) is 9.93 Å². The lowest BCUT2D eigenvalue weighted by Crippen LogP contribution is -2.22. The molecule has 0 unspecified atom stereocenters. The third-order valence-corrected chi connectivity index (χ3v) is 7.35. The van der Waals surface area contributed by atoms with E-state index in [2.05, 4.69) is 5.32 Å². The molecule has 2 rings (SSSR count). The van der Waals surface area contributed by atoms with Crippen molar-refractivity contribution in [1.82, 2.24) is 0 Å². The van der Waals surface area contributed by atoms with Crippen LogP contribution in [0, 0.1) is 17.5 Å². The van der Waals surface area contributed by atoms with E-state index < -0.39 is 28.3 Å². The largest absolute Gasteiger partial charge is 0.481 e. The molecule has 0 aromatic heterocycles.